The fraction of sp³-hybridized carbons (Fsp3) is 0.938. The minimum atomic E-state index is 0. The van der Waals surface area contributed by atoms with Crippen molar-refractivity contribution in [1.29, 1.82) is 0 Å². The minimum Gasteiger partial charge on any atom is -0.353 e. The van der Waals surface area contributed by atoms with E-state index in [2.05, 4.69) is 34.5 Å². The van der Waals surface area contributed by atoms with Gasteiger partial charge in [0.25, 0.3) is 0 Å². The lowest BCUT2D eigenvalue weighted by atomic mass is 9.85. The van der Waals surface area contributed by atoms with E-state index in [0.29, 0.717) is 12.1 Å². The fourth-order valence-electron chi connectivity index (χ4n) is 4.18. The molecule has 0 bridgehead atoms. The molecule has 4 unspecified atom stereocenters. The Morgan fingerprint density at radius 1 is 1.12 bits per heavy atom. The van der Waals surface area contributed by atoms with Gasteiger partial charge in [-0.05, 0) is 39.3 Å². The van der Waals surface area contributed by atoms with Crippen molar-refractivity contribution in [3.8, 4) is 0 Å². The van der Waals surface area contributed by atoms with Crippen LogP contribution >= 0.6 is 37.2 Å². The van der Waals surface area contributed by atoms with Crippen LogP contribution in [-0.4, -0.2) is 74.1 Å². The molecule has 0 aromatic heterocycles. The Morgan fingerprint density at radius 3 is 2.54 bits per heavy atom. The van der Waals surface area contributed by atoms with Crippen molar-refractivity contribution in [3.63, 3.8) is 0 Å². The number of nitrogens with zero attached hydrogens (tertiary/aromatic N) is 2. The Labute approximate surface area is 164 Å². The first-order valence-corrected chi connectivity index (χ1v) is 8.56. The largest absolute Gasteiger partial charge is 0.353 e. The van der Waals surface area contributed by atoms with Crippen molar-refractivity contribution >= 4 is 43.1 Å². The summed E-state index contributed by atoms with van der Waals surface area (Å²) in [6.07, 6.45) is 6.26. The van der Waals surface area contributed by atoms with E-state index >= 15 is 0 Å². The van der Waals surface area contributed by atoms with Gasteiger partial charge in [0.2, 0.25) is 5.91 Å². The molecule has 0 radical (unpaired) electrons. The van der Waals surface area contributed by atoms with E-state index in [-0.39, 0.29) is 49.2 Å². The first kappa shape index (κ1) is 24.2. The number of hydrogen-bond donors (Lipinski definition) is 2. The van der Waals surface area contributed by atoms with E-state index in [1.807, 2.05) is 0 Å². The Bertz CT molecular complexity index is 374. The molecule has 4 atom stereocenters. The van der Waals surface area contributed by atoms with Crippen LogP contribution in [0.4, 0.5) is 0 Å². The minimum absolute atomic E-state index is 0. The Kier molecular flexibility index (Phi) is 11.1. The molecule has 1 amide bonds. The maximum absolute atomic E-state index is 12.4. The zero-order chi connectivity index (χ0) is 14.8. The lowest BCUT2D eigenvalue weighted by Gasteiger charge is -2.37. The molecule has 2 saturated heterocycles. The van der Waals surface area contributed by atoms with Crippen LogP contribution in [0.15, 0.2) is 0 Å². The van der Waals surface area contributed by atoms with Gasteiger partial charge in [-0.25, -0.2) is 0 Å². The molecule has 0 aromatic carbocycles. The van der Waals surface area contributed by atoms with Gasteiger partial charge in [-0.15, -0.1) is 37.2 Å². The van der Waals surface area contributed by atoms with Gasteiger partial charge in [0.15, 0.2) is 0 Å². The number of halogens is 3. The maximum Gasteiger partial charge on any atom is 0.237 e. The predicted octanol–water partition coefficient (Wildman–Crippen LogP) is 1.53. The molecule has 3 aliphatic rings. The monoisotopic (exact) mass is 402 g/mol. The summed E-state index contributed by atoms with van der Waals surface area (Å²) < 4.78 is 0. The Morgan fingerprint density at radius 2 is 1.83 bits per heavy atom. The van der Waals surface area contributed by atoms with Crippen LogP contribution in [0.1, 0.15) is 32.1 Å². The third-order valence-electron chi connectivity index (χ3n) is 5.67. The molecule has 1 aliphatic carbocycles. The average Bonchev–Trinajstić information content (AvgIpc) is 2.92. The van der Waals surface area contributed by atoms with Crippen LogP contribution in [0, 0.1) is 5.92 Å². The number of carbonyl (C=O) groups excluding carboxylic acids is 1. The normalized spacial score (nSPS) is 33.4. The van der Waals surface area contributed by atoms with E-state index in [9.17, 15) is 4.79 Å². The standard InChI is InChI=1S/C16H30N4O.3ClH/c1-19-7-8-20(2)13(11-19)10-17-16(21)15-9-12-5-3-4-6-14(12)18-15;;;/h12-15,18H,3-11H2,1-2H3,(H,17,21);3*1H. The van der Waals surface area contributed by atoms with E-state index in [1.54, 1.807) is 0 Å². The molecule has 2 heterocycles. The molecule has 0 aromatic rings. The summed E-state index contributed by atoms with van der Waals surface area (Å²) >= 11 is 0. The lowest BCUT2D eigenvalue weighted by molar-refractivity contribution is -0.123. The summed E-state index contributed by atoms with van der Waals surface area (Å²) in [5.41, 5.74) is 0. The number of nitrogens with one attached hydrogen (secondary N) is 2. The maximum atomic E-state index is 12.4. The number of hydrogen-bond acceptors (Lipinski definition) is 4. The second-order valence-corrected chi connectivity index (χ2v) is 7.25. The highest BCUT2D eigenvalue weighted by Crippen LogP contribution is 2.33. The molecule has 0 spiro atoms. The SMILES string of the molecule is CN1CCN(C)C(CNC(=O)C2CC3CCCCC3N2)C1.Cl.Cl.Cl. The van der Waals surface area contributed by atoms with Gasteiger partial charge in [-0.1, -0.05) is 12.8 Å². The van der Waals surface area contributed by atoms with Crippen LogP contribution in [0.2, 0.25) is 0 Å². The average molecular weight is 404 g/mol. The first-order valence-electron chi connectivity index (χ1n) is 8.56. The van der Waals surface area contributed by atoms with Gasteiger partial charge >= 0.3 is 0 Å². The van der Waals surface area contributed by atoms with Gasteiger partial charge in [-0.3, -0.25) is 9.69 Å². The molecule has 3 rings (SSSR count). The summed E-state index contributed by atoms with van der Waals surface area (Å²) in [4.78, 5) is 17.1. The first-order chi connectivity index (χ1) is 10.1. The van der Waals surface area contributed by atoms with Crippen molar-refractivity contribution < 1.29 is 4.79 Å². The fourth-order valence-corrected chi connectivity index (χ4v) is 4.18. The highest BCUT2D eigenvalue weighted by Gasteiger charge is 2.38. The number of fused-ring (bicyclic) bond motifs is 1. The Balaban J connectivity index is 0.00000176. The summed E-state index contributed by atoms with van der Waals surface area (Å²) in [7, 11) is 4.32. The van der Waals surface area contributed by atoms with Gasteiger partial charge in [0.1, 0.15) is 0 Å². The highest BCUT2D eigenvalue weighted by molar-refractivity contribution is 5.86. The van der Waals surface area contributed by atoms with Gasteiger partial charge in [0, 0.05) is 38.3 Å². The summed E-state index contributed by atoms with van der Waals surface area (Å²) in [6, 6.07) is 1.08. The molecule has 2 aliphatic heterocycles. The topological polar surface area (TPSA) is 47.6 Å². The van der Waals surface area contributed by atoms with Crippen LogP contribution < -0.4 is 10.6 Å². The molecule has 5 nitrogen and oxygen atoms in total. The van der Waals surface area contributed by atoms with Gasteiger partial charge in [-0.2, -0.15) is 0 Å². The van der Waals surface area contributed by atoms with E-state index in [4.69, 9.17) is 0 Å². The van der Waals surface area contributed by atoms with E-state index < -0.39 is 0 Å². The van der Waals surface area contributed by atoms with E-state index in [0.717, 1.165) is 38.5 Å². The molecule has 2 N–H and O–H groups in total. The molecule has 24 heavy (non-hydrogen) atoms. The van der Waals surface area contributed by atoms with Crippen LogP contribution in [0.25, 0.3) is 0 Å². The Hall–Kier alpha value is 0.220. The summed E-state index contributed by atoms with van der Waals surface area (Å²) in [6.45, 7) is 4.02. The zero-order valence-corrected chi connectivity index (χ0v) is 17.2. The zero-order valence-electron chi connectivity index (χ0n) is 14.7. The van der Waals surface area contributed by atoms with Gasteiger partial charge in [0.05, 0.1) is 6.04 Å². The van der Waals surface area contributed by atoms with Crippen molar-refractivity contribution in [1.82, 2.24) is 20.4 Å². The van der Waals surface area contributed by atoms with Crippen LogP contribution in [0.3, 0.4) is 0 Å². The number of likely N-dealkylation sites (N-methyl/N-ethyl adjacent to an activating group) is 2. The quantitative estimate of drug-likeness (QED) is 0.750. The molecule has 3 fully saturated rings. The third kappa shape index (κ3) is 5.89. The predicted molar refractivity (Wildman–Crippen MR) is 106 cm³/mol. The number of amides is 1. The molecule has 8 heteroatoms. The second kappa shape index (κ2) is 11.0. The third-order valence-corrected chi connectivity index (χ3v) is 5.67. The van der Waals surface area contributed by atoms with Crippen molar-refractivity contribution in [2.75, 3.05) is 40.3 Å². The van der Waals surface area contributed by atoms with Crippen molar-refractivity contribution in [2.45, 2.75) is 50.2 Å². The van der Waals surface area contributed by atoms with Gasteiger partial charge < -0.3 is 15.5 Å². The molecular weight excluding hydrogens is 371 g/mol. The molecule has 1 saturated carbocycles. The van der Waals surface area contributed by atoms with Crippen LogP contribution in [-0.2, 0) is 4.79 Å². The lowest BCUT2D eigenvalue weighted by Crippen LogP contribution is -2.55. The smallest absolute Gasteiger partial charge is 0.237 e. The van der Waals surface area contributed by atoms with E-state index in [1.165, 1.54) is 25.7 Å². The molecular formula is C16H33Cl3N4O. The molecule has 144 valence electrons. The van der Waals surface area contributed by atoms with Crippen molar-refractivity contribution in [3.05, 3.63) is 0 Å². The highest BCUT2D eigenvalue weighted by atomic mass is 35.5. The number of carbonyl (C=O) groups is 1. The summed E-state index contributed by atoms with van der Waals surface area (Å²) in [5.74, 6) is 0.948. The second-order valence-electron chi connectivity index (χ2n) is 7.25. The van der Waals surface area contributed by atoms with Crippen molar-refractivity contribution in [2.24, 2.45) is 5.92 Å². The number of piperazine rings is 1. The summed E-state index contributed by atoms with van der Waals surface area (Å²) in [5, 5.41) is 6.75. The number of rotatable bonds is 3. The van der Waals surface area contributed by atoms with Crippen LogP contribution in [0.5, 0.6) is 0 Å².